The number of hydrogen-bond acceptors (Lipinski definition) is 3. The van der Waals surface area contributed by atoms with Crippen molar-refractivity contribution < 1.29 is 27.5 Å². The Morgan fingerprint density at radius 2 is 1.69 bits per heavy atom. The lowest BCUT2D eigenvalue weighted by molar-refractivity contribution is -0.147. The van der Waals surface area contributed by atoms with Gasteiger partial charge in [-0.05, 0) is 79.4 Å². The third-order valence-electron chi connectivity index (χ3n) is 6.29. The van der Waals surface area contributed by atoms with Crippen molar-refractivity contribution in [1.29, 1.82) is 0 Å². The van der Waals surface area contributed by atoms with Gasteiger partial charge in [-0.3, -0.25) is 14.2 Å². The second kappa shape index (κ2) is 9.23. The van der Waals surface area contributed by atoms with Crippen LogP contribution in [0.2, 0.25) is 5.02 Å². The van der Waals surface area contributed by atoms with Crippen LogP contribution in [-0.4, -0.2) is 16.4 Å². The summed E-state index contributed by atoms with van der Waals surface area (Å²) in [5.41, 5.74) is 2.09. The van der Waals surface area contributed by atoms with Crippen molar-refractivity contribution in [3.8, 4) is 0 Å². The minimum atomic E-state index is -0.811. The molecule has 0 amide bonds. The fourth-order valence-corrected chi connectivity index (χ4v) is 4.80. The number of nitrogens with zero attached hydrogens (tertiary/aromatic N) is 1. The van der Waals surface area contributed by atoms with Crippen molar-refractivity contribution in [2.45, 2.75) is 31.8 Å². The van der Waals surface area contributed by atoms with Gasteiger partial charge < -0.3 is 4.74 Å². The molecule has 0 saturated carbocycles. The molecule has 0 fully saturated rings. The number of carbonyl (C=O) groups is 2. The first-order chi connectivity index (χ1) is 16.8. The highest BCUT2D eigenvalue weighted by molar-refractivity contribution is 6.30. The van der Waals surface area contributed by atoms with Crippen LogP contribution in [0.25, 0.3) is 10.9 Å². The minimum absolute atomic E-state index is 0.0437. The number of hydrogen-bond donors (Lipinski definition) is 0. The van der Waals surface area contributed by atoms with E-state index in [0.29, 0.717) is 52.0 Å². The molecule has 8 heteroatoms. The van der Waals surface area contributed by atoms with E-state index in [1.165, 1.54) is 28.8 Å². The van der Waals surface area contributed by atoms with Crippen LogP contribution in [0.15, 0.2) is 60.7 Å². The molecule has 0 N–H and O–H groups in total. The van der Waals surface area contributed by atoms with Gasteiger partial charge in [0.15, 0.2) is 0 Å². The van der Waals surface area contributed by atoms with Crippen LogP contribution < -0.4 is 0 Å². The number of fused-ring (bicyclic) bond motifs is 3. The topological polar surface area (TPSA) is 48.3 Å². The van der Waals surface area contributed by atoms with E-state index in [1.807, 2.05) is 0 Å². The zero-order valence-corrected chi connectivity index (χ0v) is 19.1. The van der Waals surface area contributed by atoms with E-state index in [-0.39, 0.29) is 18.1 Å². The number of halogens is 4. The Bertz CT molecular complexity index is 1460. The Morgan fingerprint density at radius 1 is 0.971 bits per heavy atom. The van der Waals surface area contributed by atoms with E-state index in [9.17, 15) is 22.8 Å². The molecule has 1 aliphatic carbocycles. The average Bonchev–Trinajstić information content (AvgIpc) is 3.17. The highest BCUT2D eigenvalue weighted by Crippen LogP contribution is 2.40. The standard InChI is InChI=1S/C27H19ClF3NO3/c28-17-7-4-15(5-8-17)26(33)32-23-11-10-18(29)12-21(23)25-20(2-1-3-24(25)32)27(34)35-14-16-6-9-19(30)13-22(16)31/h4-13,20H,1-3,14H2. The smallest absolute Gasteiger partial charge is 0.313 e. The number of rotatable bonds is 4. The predicted octanol–water partition coefficient (Wildman–Crippen LogP) is 6.56. The number of esters is 1. The summed E-state index contributed by atoms with van der Waals surface area (Å²) in [6, 6.07) is 13.6. The maximum atomic E-state index is 14.3. The highest BCUT2D eigenvalue weighted by Gasteiger charge is 2.35. The Balaban J connectivity index is 1.54. The van der Waals surface area contributed by atoms with Crippen LogP contribution >= 0.6 is 11.6 Å². The lowest BCUT2D eigenvalue weighted by atomic mass is 9.85. The number of benzene rings is 3. The second-order valence-electron chi connectivity index (χ2n) is 8.46. The molecule has 1 atom stereocenters. The Morgan fingerprint density at radius 3 is 2.43 bits per heavy atom. The predicted molar refractivity (Wildman–Crippen MR) is 125 cm³/mol. The van der Waals surface area contributed by atoms with E-state index in [2.05, 4.69) is 0 Å². The molecule has 1 heterocycles. The summed E-state index contributed by atoms with van der Waals surface area (Å²) in [6.45, 7) is -0.368. The van der Waals surface area contributed by atoms with Crippen LogP contribution in [0.1, 0.15) is 45.9 Å². The van der Waals surface area contributed by atoms with Crippen LogP contribution in [0, 0.1) is 17.5 Å². The van der Waals surface area contributed by atoms with Crippen LogP contribution in [0.3, 0.4) is 0 Å². The molecule has 1 aromatic heterocycles. The molecule has 0 spiro atoms. The second-order valence-corrected chi connectivity index (χ2v) is 8.89. The zero-order chi connectivity index (χ0) is 24.7. The van der Waals surface area contributed by atoms with Crippen molar-refractivity contribution in [2.75, 3.05) is 0 Å². The third-order valence-corrected chi connectivity index (χ3v) is 6.54. The van der Waals surface area contributed by atoms with E-state index < -0.39 is 29.3 Å². The molecule has 4 aromatic rings. The van der Waals surface area contributed by atoms with Gasteiger partial charge in [0, 0.05) is 33.3 Å². The van der Waals surface area contributed by atoms with Crippen molar-refractivity contribution in [1.82, 2.24) is 4.57 Å². The quantitative estimate of drug-likeness (QED) is 0.300. The molecule has 178 valence electrons. The maximum Gasteiger partial charge on any atom is 0.313 e. The molecule has 0 radical (unpaired) electrons. The highest BCUT2D eigenvalue weighted by atomic mass is 35.5. The van der Waals surface area contributed by atoms with Gasteiger partial charge in [-0.2, -0.15) is 0 Å². The molecule has 4 nitrogen and oxygen atoms in total. The summed E-state index contributed by atoms with van der Waals surface area (Å²) in [5, 5.41) is 0.945. The third kappa shape index (κ3) is 4.32. The largest absolute Gasteiger partial charge is 0.460 e. The van der Waals surface area contributed by atoms with Gasteiger partial charge in [-0.15, -0.1) is 0 Å². The molecule has 1 aliphatic rings. The fourth-order valence-electron chi connectivity index (χ4n) is 4.67. The summed E-state index contributed by atoms with van der Waals surface area (Å²) < 4.78 is 48.3. The summed E-state index contributed by atoms with van der Waals surface area (Å²) >= 11 is 5.96. The first kappa shape index (κ1) is 23.2. The Kier molecular flexibility index (Phi) is 6.11. The number of ether oxygens (including phenoxy) is 1. The van der Waals surface area contributed by atoms with E-state index >= 15 is 0 Å². The van der Waals surface area contributed by atoms with Crippen molar-refractivity contribution in [2.24, 2.45) is 0 Å². The van der Waals surface area contributed by atoms with Crippen LogP contribution in [0.5, 0.6) is 0 Å². The lowest BCUT2D eigenvalue weighted by Gasteiger charge is -2.23. The minimum Gasteiger partial charge on any atom is -0.460 e. The molecular weight excluding hydrogens is 479 g/mol. The van der Waals surface area contributed by atoms with Gasteiger partial charge in [0.25, 0.3) is 5.91 Å². The number of carbonyl (C=O) groups excluding carboxylic acids is 2. The summed E-state index contributed by atoms with van der Waals surface area (Å²) in [4.78, 5) is 26.6. The van der Waals surface area contributed by atoms with Crippen LogP contribution in [0.4, 0.5) is 13.2 Å². The molecule has 35 heavy (non-hydrogen) atoms. The van der Waals surface area contributed by atoms with E-state index in [0.717, 1.165) is 12.1 Å². The Hall–Kier alpha value is -3.58. The van der Waals surface area contributed by atoms with Crippen LogP contribution in [-0.2, 0) is 22.6 Å². The first-order valence-electron chi connectivity index (χ1n) is 11.1. The molecule has 0 aliphatic heterocycles. The number of aromatic nitrogens is 1. The molecular formula is C27H19ClF3NO3. The molecule has 0 saturated heterocycles. The Labute approximate surface area is 203 Å². The average molecular weight is 498 g/mol. The summed E-state index contributed by atoms with van der Waals surface area (Å²) in [7, 11) is 0. The van der Waals surface area contributed by atoms with Gasteiger partial charge in [0.2, 0.25) is 0 Å². The van der Waals surface area contributed by atoms with Crippen molar-refractivity contribution in [3.05, 3.63) is 106 Å². The fraction of sp³-hybridized carbons (Fsp3) is 0.185. The van der Waals surface area contributed by atoms with Gasteiger partial charge >= 0.3 is 5.97 Å². The van der Waals surface area contributed by atoms with E-state index in [4.69, 9.17) is 16.3 Å². The van der Waals surface area contributed by atoms with Gasteiger partial charge in [-0.25, -0.2) is 13.2 Å². The van der Waals surface area contributed by atoms with Gasteiger partial charge in [0.05, 0.1) is 11.4 Å². The van der Waals surface area contributed by atoms with Crippen molar-refractivity contribution >= 4 is 34.4 Å². The normalized spacial score (nSPS) is 15.1. The van der Waals surface area contributed by atoms with Gasteiger partial charge in [-0.1, -0.05) is 11.6 Å². The van der Waals surface area contributed by atoms with Crippen molar-refractivity contribution in [3.63, 3.8) is 0 Å². The monoisotopic (exact) mass is 497 g/mol. The molecule has 0 bridgehead atoms. The SMILES string of the molecule is O=C(OCc1ccc(F)cc1F)C1CCCc2c1c1cc(F)ccc1n2C(=O)c1ccc(Cl)cc1. The maximum absolute atomic E-state index is 14.3. The molecule has 1 unspecified atom stereocenters. The molecule has 3 aromatic carbocycles. The van der Waals surface area contributed by atoms with Gasteiger partial charge in [0.1, 0.15) is 24.1 Å². The summed E-state index contributed by atoms with van der Waals surface area (Å²) in [5.74, 6) is -3.73. The first-order valence-corrected chi connectivity index (χ1v) is 11.4. The molecule has 5 rings (SSSR count). The van der Waals surface area contributed by atoms with E-state index in [1.54, 1.807) is 24.3 Å². The zero-order valence-electron chi connectivity index (χ0n) is 18.4. The lowest BCUT2D eigenvalue weighted by Crippen LogP contribution is -2.23. The summed E-state index contributed by atoms with van der Waals surface area (Å²) in [6.07, 6.45) is 1.55.